The highest BCUT2D eigenvalue weighted by Gasteiger charge is 2.87. The minimum atomic E-state index is -1.91. The Kier molecular flexibility index (Phi) is 6.37. The summed E-state index contributed by atoms with van der Waals surface area (Å²) in [7, 11) is 0. The van der Waals surface area contributed by atoms with Crippen LogP contribution in [0.15, 0.2) is 23.8 Å². The van der Waals surface area contributed by atoms with E-state index in [9.17, 15) is 29.4 Å². The van der Waals surface area contributed by atoms with E-state index in [0.29, 0.717) is 5.57 Å². The lowest BCUT2D eigenvalue weighted by atomic mass is 9.55. The summed E-state index contributed by atoms with van der Waals surface area (Å²) in [6.45, 7) is 9.87. The first kappa shape index (κ1) is 27.3. The molecular formula is C26H34O11. The van der Waals surface area contributed by atoms with E-state index in [-0.39, 0.29) is 6.42 Å². The van der Waals surface area contributed by atoms with Crippen molar-refractivity contribution in [2.45, 2.75) is 102 Å². The van der Waals surface area contributed by atoms with Crippen molar-refractivity contribution in [2.24, 2.45) is 11.3 Å². The van der Waals surface area contributed by atoms with Gasteiger partial charge in [0, 0.05) is 38.5 Å². The number of ether oxygens (including phenoxy) is 5. The fourth-order valence-electron chi connectivity index (χ4n) is 6.41. The van der Waals surface area contributed by atoms with Crippen LogP contribution < -0.4 is 0 Å². The number of epoxide rings is 1. The molecule has 2 aliphatic heterocycles. The summed E-state index contributed by atoms with van der Waals surface area (Å²) in [5.41, 5.74) is -5.85. The van der Waals surface area contributed by atoms with E-state index in [1.807, 2.05) is 0 Å². The van der Waals surface area contributed by atoms with Crippen LogP contribution in [0.4, 0.5) is 0 Å². The van der Waals surface area contributed by atoms with Crippen molar-refractivity contribution in [2.75, 3.05) is 0 Å². The molecule has 204 valence electrons. The van der Waals surface area contributed by atoms with Crippen molar-refractivity contribution in [3.63, 3.8) is 0 Å². The summed E-state index contributed by atoms with van der Waals surface area (Å²) < 4.78 is 28.5. The molecule has 10 atom stereocenters. The van der Waals surface area contributed by atoms with Gasteiger partial charge in [-0.05, 0) is 38.5 Å². The van der Waals surface area contributed by atoms with Crippen molar-refractivity contribution < 1.29 is 53.1 Å². The second-order valence-electron chi connectivity index (χ2n) is 11.0. The standard InChI is InChI=1S/C26H34O11/c1-12-10-19-26(25(7,37-26)22(31)36-19)21(35-15(4)29)20-23(5,17(30)11-16(12)33-13(2)27)9-8-18(24(20,6)32)34-14(3)28/h8-10,16-21,30,32H,11H2,1-7H3/b12-10-/t16-,17+,18-,19+,20-,21+,23-,24-,25+,26+/m1/s1. The third-order valence-corrected chi connectivity index (χ3v) is 8.33. The fourth-order valence-corrected chi connectivity index (χ4v) is 6.41. The molecule has 2 fully saturated rings. The van der Waals surface area contributed by atoms with Gasteiger partial charge < -0.3 is 33.9 Å². The predicted octanol–water partition coefficient (Wildman–Crippen LogP) is 0.889. The summed E-state index contributed by atoms with van der Waals surface area (Å²) >= 11 is 0. The lowest BCUT2D eigenvalue weighted by molar-refractivity contribution is -0.216. The molecule has 0 radical (unpaired) electrons. The monoisotopic (exact) mass is 522 g/mol. The van der Waals surface area contributed by atoms with Crippen molar-refractivity contribution in [3.8, 4) is 0 Å². The minimum Gasteiger partial charge on any atom is -0.459 e. The lowest BCUT2D eigenvalue weighted by Gasteiger charge is -2.54. The second kappa shape index (κ2) is 8.64. The first-order valence-corrected chi connectivity index (χ1v) is 12.2. The van der Waals surface area contributed by atoms with Gasteiger partial charge in [-0.1, -0.05) is 13.0 Å². The smallest absolute Gasteiger partial charge is 0.342 e. The highest BCUT2D eigenvalue weighted by molar-refractivity contribution is 5.89. The number of carbonyl (C=O) groups is 4. The molecule has 0 amide bonds. The van der Waals surface area contributed by atoms with Crippen LogP contribution in [0.1, 0.15) is 54.9 Å². The van der Waals surface area contributed by atoms with Gasteiger partial charge in [-0.25, -0.2) is 4.79 Å². The van der Waals surface area contributed by atoms with Gasteiger partial charge in [-0.15, -0.1) is 0 Å². The van der Waals surface area contributed by atoms with Crippen molar-refractivity contribution in [3.05, 3.63) is 23.8 Å². The molecule has 11 heteroatoms. The first-order valence-electron chi connectivity index (χ1n) is 12.2. The Morgan fingerprint density at radius 3 is 2.16 bits per heavy atom. The Hall–Kier alpha value is -2.76. The summed E-state index contributed by atoms with van der Waals surface area (Å²) in [5, 5.41) is 23.6. The Labute approximate surface area is 214 Å². The molecule has 2 aliphatic carbocycles. The summed E-state index contributed by atoms with van der Waals surface area (Å²) in [5.74, 6) is -3.80. The molecule has 2 heterocycles. The Morgan fingerprint density at radius 2 is 1.62 bits per heavy atom. The molecule has 4 aliphatic rings. The first-order chi connectivity index (χ1) is 17.0. The zero-order chi connectivity index (χ0) is 27.7. The lowest BCUT2D eigenvalue weighted by Crippen LogP contribution is -2.67. The average Bonchev–Trinajstić information content (AvgIpc) is 3.34. The van der Waals surface area contributed by atoms with Crippen molar-refractivity contribution in [1.82, 2.24) is 0 Å². The molecule has 1 spiro atoms. The van der Waals surface area contributed by atoms with Gasteiger partial charge >= 0.3 is 23.9 Å². The van der Waals surface area contributed by atoms with Crippen LogP contribution in [0.3, 0.4) is 0 Å². The summed E-state index contributed by atoms with van der Waals surface area (Å²) in [6, 6.07) is 0. The molecule has 0 aromatic heterocycles. The molecular weight excluding hydrogens is 488 g/mol. The van der Waals surface area contributed by atoms with Gasteiger partial charge in [0.15, 0.2) is 17.3 Å². The van der Waals surface area contributed by atoms with Crippen LogP contribution in [0.2, 0.25) is 0 Å². The third-order valence-electron chi connectivity index (χ3n) is 8.33. The maximum Gasteiger partial charge on any atom is 0.342 e. The zero-order valence-corrected chi connectivity index (χ0v) is 22.0. The topological polar surface area (TPSA) is 158 Å². The molecule has 37 heavy (non-hydrogen) atoms. The number of aliphatic hydroxyl groups is 2. The largest absolute Gasteiger partial charge is 0.459 e. The number of carbonyl (C=O) groups excluding carboxylic acids is 4. The quantitative estimate of drug-likeness (QED) is 0.235. The Bertz CT molecular complexity index is 1090. The third kappa shape index (κ3) is 3.98. The molecule has 0 bridgehead atoms. The number of hydrogen-bond donors (Lipinski definition) is 2. The molecule has 0 unspecified atom stereocenters. The molecule has 4 rings (SSSR count). The molecule has 0 aromatic rings. The Balaban J connectivity index is 1.99. The molecule has 0 saturated carbocycles. The van der Waals surface area contributed by atoms with Gasteiger partial charge in [0.05, 0.1) is 6.10 Å². The van der Waals surface area contributed by atoms with Gasteiger partial charge in [-0.3, -0.25) is 14.4 Å². The van der Waals surface area contributed by atoms with Gasteiger partial charge in [-0.2, -0.15) is 0 Å². The van der Waals surface area contributed by atoms with E-state index in [1.54, 1.807) is 26.0 Å². The number of esters is 4. The van der Waals surface area contributed by atoms with Crippen LogP contribution in [-0.4, -0.2) is 81.4 Å². The van der Waals surface area contributed by atoms with Crippen LogP contribution in [0, 0.1) is 11.3 Å². The van der Waals surface area contributed by atoms with Crippen molar-refractivity contribution >= 4 is 23.9 Å². The molecule has 0 aromatic carbocycles. The SMILES string of the molecule is CC(=O)O[C@@H]1C[C@H](O)[C@@]2(C)C=C[C@@H](OC(C)=O)[C@@](C)(O)[C@@H]2[C@H](OC(C)=O)[C@]23O[C@@]2(C)C(=O)O[C@H]3/C=C\1C. The minimum absolute atomic E-state index is 0.0772. The molecule has 2 saturated heterocycles. The number of rotatable bonds is 3. The van der Waals surface area contributed by atoms with Gasteiger partial charge in [0.2, 0.25) is 0 Å². The van der Waals surface area contributed by atoms with E-state index in [2.05, 4.69) is 0 Å². The number of fused-ring (bicyclic) bond motifs is 1. The van der Waals surface area contributed by atoms with E-state index in [0.717, 1.165) is 0 Å². The second-order valence-corrected chi connectivity index (χ2v) is 11.0. The Morgan fingerprint density at radius 1 is 1.03 bits per heavy atom. The van der Waals surface area contributed by atoms with E-state index >= 15 is 0 Å². The predicted molar refractivity (Wildman–Crippen MR) is 125 cm³/mol. The highest BCUT2D eigenvalue weighted by Crippen LogP contribution is 2.65. The van der Waals surface area contributed by atoms with Crippen LogP contribution in [-0.2, 0) is 42.9 Å². The molecule has 2 N–H and O–H groups in total. The number of hydrogen-bond acceptors (Lipinski definition) is 11. The fraction of sp³-hybridized carbons (Fsp3) is 0.692. The number of aliphatic hydroxyl groups excluding tert-OH is 1. The zero-order valence-electron chi connectivity index (χ0n) is 22.0. The average molecular weight is 523 g/mol. The van der Waals surface area contributed by atoms with Gasteiger partial charge in [0.1, 0.15) is 23.9 Å². The highest BCUT2D eigenvalue weighted by atomic mass is 16.7. The summed E-state index contributed by atoms with van der Waals surface area (Å²) in [6.07, 6.45) is -1.15. The van der Waals surface area contributed by atoms with Gasteiger partial charge in [0.25, 0.3) is 0 Å². The summed E-state index contributed by atoms with van der Waals surface area (Å²) in [4.78, 5) is 49.2. The van der Waals surface area contributed by atoms with E-state index in [1.165, 1.54) is 40.7 Å². The molecule has 11 nitrogen and oxygen atoms in total. The van der Waals surface area contributed by atoms with E-state index < -0.39 is 82.5 Å². The maximum atomic E-state index is 13.0. The van der Waals surface area contributed by atoms with Crippen LogP contribution >= 0.6 is 0 Å². The van der Waals surface area contributed by atoms with Crippen LogP contribution in [0.5, 0.6) is 0 Å². The van der Waals surface area contributed by atoms with Crippen LogP contribution in [0.25, 0.3) is 0 Å². The maximum absolute atomic E-state index is 13.0. The van der Waals surface area contributed by atoms with E-state index in [4.69, 9.17) is 23.7 Å². The normalized spacial score (nSPS) is 47.7. The van der Waals surface area contributed by atoms with Crippen molar-refractivity contribution in [1.29, 1.82) is 0 Å².